The molecule has 1 atom stereocenters. The summed E-state index contributed by atoms with van der Waals surface area (Å²) >= 11 is 5.19. The van der Waals surface area contributed by atoms with Crippen molar-refractivity contribution >= 4 is 12.2 Å². The van der Waals surface area contributed by atoms with Gasteiger partial charge in [0.15, 0.2) is 4.77 Å². The molecular weight excluding hydrogens is 204 g/mol. The Labute approximate surface area is 94.6 Å². The molecule has 1 N–H and O–H groups in total. The van der Waals surface area contributed by atoms with Crippen molar-refractivity contribution in [3.05, 3.63) is 53.1 Å². The zero-order valence-corrected chi connectivity index (χ0v) is 9.50. The molecule has 2 nitrogen and oxygen atoms in total. The van der Waals surface area contributed by atoms with Crippen LogP contribution in [-0.2, 0) is 6.42 Å². The highest BCUT2D eigenvalue weighted by atomic mass is 32.1. The Hall–Kier alpha value is -1.35. The van der Waals surface area contributed by atoms with Crippen LogP contribution in [0, 0.1) is 4.77 Å². The third kappa shape index (κ3) is 2.36. The van der Waals surface area contributed by atoms with Crippen LogP contribution in [0.15, 0.2) is 42.7 Å². The topological polar surface area (TPSA) is 20.7 Å². The molecule has 2 aromatic rings. The zero-order chi connectivity index (χ0) is 10.7. The van der Waals surface area contributed by atoms with Gasteiger partial charge in [-0.2, -0.15) is 0 Å². The second-order valence-corrected chi connectivity index (χ2v) is 4.10. The molecule has 0 aliphatic heterocycles. The molecule has 15 heavy (non-hydrogen) atoms. The van der Waals surface area contributed by atoms with E-state index in [-0.39, 0.29) is 0 Å². The lowest BCUT2D eigenvalue weighted by Crippen LogP contribution is -2.07. The molecule has 0 aliphatic carbocycles. The molecule has 2 rings (SSSR count). The Kier molecular flexibility index (Phi) is 3.02. The molecule has 0 aliphatic rings. The van der Waals surface area contributed by atoms with E-state index in [9.17, 15) is 0 Å². The van der Waals surface area contributed by atoms with Crippen molar-refractivity contribution in [1.82, 2.24) is 9.55 Å². The van der Waals surface area contributed by atoms with Crippen molar-refractivity contribution in [2.45, 2.75) is 19.4 Å². The molecule has 0 saturated heterocycles. The normalized spacial score (nSPS) is 12.6. The van der Waals surface area contributed by atoms with Gasteiger partial charge in [0.1, 0.15) is 0 Å². The summed E-state index contributed by atoms with van der Waals surface area (Å²) in [4.78, 5) is 3.01. The highest BCUT2D eigenvalue weighted by Gasteiger charge is 2.05. The average Bonchev–Trinajstić information content (AvgIpc) is 2.66. The van der Waals surface area contributed by atoms with Crippen molar-refractivity contribution in [2.75, 3.05) is 0 Å². The first-order valence-corrected chi connectivity index (χ1v) is 5.47. The van der Waals surface area contributed by atoms with E-state index >= 15 is 0 Å². The molecule has 0 unspecified atom stereocenters. The van der Waals surface area contributed by atoms with Gasteiger partial charge in [-0.3, -0.25) is 0 Å². The van der Waals surface area contributed by atoms with E-state index in [0.717, 1.165) is 11.2 Å². The van der Waals surface area contributed by atoms with E-state index in [1.54, 1.807) is 0 Å². The zero-order valence-electron chi connectivity index (χ0n) is 8.68. The summed E-state index contributed by atoms with van der Waals surface area (Å²) in [6.07, 6.45) is 4.88. The standard InChI is InChI=1S/C12H14N2S/c1-10(14-8-7-13-12(14)15)9-11-5-3-2-4-6-11/h2-8,10H,9H2,1H3,(H,13,15)/t10-/m1/s1. The minimum absolute atomic E-state index is 0.395. The van der Waals surface area contributed by atoms with Gasteiger partial charge in [-0.05, 0) is 31.1 Å². The van der Waals surface area contributed by atoms with E-state index in [0.29, 0.717) is 6.04 Å². The number of aromatic amines is 1. The minimum Gasteiger partial charge on any atom is -0.337 e. The van der Waals surface area contributed by atoms with Crippen LogP contribution < -0.4 is 0 Å². The van der Waals surface area contributed by atoms with Crippen molar-refractivity contribution in [1.29, 1.82) is 0 Å². The van der Waals surface area contributed by atoms with Gasteiger partial charge in [-0.15, -0.1) is 0 Å². The number of aromatic nitrogens is 2. The van der Waals surface area contributed by atoms with Crippen LogP contribution >= 0.6 is 12.2 Å². The maximum atomic E-state index is 5.19. The number of rotatable bonds is 3. The van der Waals surface area contributed by atoms with Crippen molar-refractivity contribution < 1.29 is 0 Å². The Balaban J connectivity index is 2.14. The van der Waals surface area contributed by atoms with Gasteiger partial charge in [-0.1, -0.05) is 30.3 Å². The number of benzene rings is 1. The lowest BCUT2D eigenvalue weighted by atomic mass is 10.1. The number of imidazole rings is 1. The summed E-state index contributed by atoms with van der Waals surface area (Å²) in [6, 6.07) is 10.9. The van der Waals surface area contributed by atoms with Gasteiger partial charge in [0.2, 0.25) is 0 Å². The largest absolute Gasteiger partial charge is 0.337 e. The number of hydrogen-bond acceptors (Lipinski definition) is 1. The van der Waals surface area contributed by atoms with Gasteiger partial charge in [0.25, 0.3) is 0 Å². The van der Waals surface area contributed by atoms with Crippen LogP contribution in [0.25, 0.3) is 0 Å². The fourth-order valence-electron chi connectivity index (χ4n) is 1.73. The number of nitrogens with one attached hydrogen (secondary N) is 1. The van der Waals surface area contributed by atoms with Crippen molar-refractivity contribution in [2.24, 2.45) is 0 Å². The molecule has 0 saturated carbocycles. The summed E-state index contributed by atoms with van der Waals surface area (Å²) in [5.74, 6) is 0. The third-order valence-corrected chi connectivity index (χ3v) is 2.85. The predicted octanol–water partition coefficient (Wildman–Crippen LogP) is 3.35. The summed E-state index contributed by atoms with van der Waals surface area (Å²) in [5.41, 5.74) is 1.34. The van der Waals surface area contributed by atoms with Crippen molar-refractivity contribution in [3.63, 3.8) is 0 Å². The van der Waals surface area contributed by atoms with Gasteiger partial charge >= 0.3 is 0 Å². The summed E-state index contributed by atoms with van der Waals surface area (Å²) in [6.45, 7) is 2.18. The average molecular weight is 218 g/mol. The maximum Gasteiger partial charge on any atom is 0.177 e. The Morgan fingerprint density at radius 3 is 2.67 bits per heavy atom. The SMILES string of the molecule is C[C@H](Cc1ccccc1)n1cc[nH]c1=S. The lowest BCUT2D eigenvalue weighted by Gasteiger charge is -2.12. The fraction of sp³-hybridized carbons (Fsp3) is 0.250. The minimum atomic E-state index is 0.395. The molecule has 3 heteroatoms. The van der Waals surface area contributed by atoms with E-state index in [2.05, 4.69) is 40.7 Å². The summed E-state index contributed by atoms with van der Waals surface area (Å²) in [5, 5.41) is 0. The van der Waals surface area contributed by atoms with Gasteiger partial charge in [0.05, 0.1) is 0 Å². The first kappa shape index (κ1) is 10.2. The van der Waals surface area contributed by atoms with Crippen LogP contribution in [0.5, 0.6) is 0 Å². The number of H-pyrrole nitrogens is 1. The molecule has 0 amide bonds. The molecule has 0 spiro atoms. The predicted molar refractivity (Wildman–Crippen MR) is 64.5 cm³/mol. The Morgan fingerprint density at radius 1 is 1.33 bits per heavy atom. The number of nitrogens with zero attached hydrogens (tertiary/aromatic N) is 1. The highest BCUT2D eigenvalue weighted by molar-refractivity contribution is 7.71. The van der Waals surface area contributed by atoms with E-state index in [1.807, 2.05) is 18.5 Å². The van der Waals surface area contributed by atoms with Gasteiger partial charge in [-0.25, -0.2) is 0 Å². The first-order valence-electron chi connectivity index (χ1n) is 5.07. The molecule has 78 valence electrons. The second kappa shape index (κ2) is 4.45. The molecule has 0 fully saturated rings. The second-order valence-electron chi connectivity index (χ2n) is 3.71. The molecular formula is C12H14N2S. The van der Waals surface area contributed by atoms with Crippen LogP contribution in [0.4, 0.5) is 0 Å². The van der Waals surface area contributed by atoms with Crippen LogP contribution in [0.2, 0.25) is 0 Å². The molecule has 1 heterocycles. The van der Waals surface area contributed by atoms with Crippen LogP contribution in [0.3, 0.4) is 0 Å². The highest BCUT2D eigenvalue weighted by Crippen LogP contribution is 2.13. The van der Waals surface area contributed by atoms with E-state index in [4.69, 9.17) is 12.2 Å². The Morgan fingerprint density at radius 2 is 2.07 bits per heavy atom. The summed E-state index contributed by atoms with van der Waals surface area (Å²) in [7, 11) is 0. The molecule has 1 aromatic carbocycles. The molecule has 1 aromatic heterocycles. The van der Waals surface area contributed by atoms with Gasteiger partial charge in [0, 0.05) is 18.4 Å². The number of hydrogen-bond donors (Lipinski definition) is 1. The Bertz CT molecular complexity index is 470. The lowest BCUT2D eigenvalue weighted by molar-refractivity contribution is 0.538. The van der Waals surface area contributed by atoms with Gasteiger partial charge < -0.3 is 9.55 Å². The maximum absolute atomic E-state index is 5.19. The quantitative estimate of drug-likeness (QED) is 0.783. The smallest absolute Gasteiger partial charge is 0.177 e. The van der Waals surface area contributed by atoms with E-state index in [1.165, 1.54) is 5.56 Å². The molecule has 0 radical (unpaired) electrons. The van der Waals surface area contributed by atoms with Crippen LogP contribution in [-0.4, -0.2) is 9.55 Å². The summed E-state index contributed by atoms with van der Waals surface area (Å²) < 4.78 is 2.88. The molecule has 0 bridgehead atoms. The fourth-order valence-corrected chi connectivity index (χ4v) is 2.04. The van der Waals surface area contributed by atoms with E-state index < -0.39 is 0 Å². The van der Waals surface area contributed by atoms with Crippen LogP contribution in [0.1, 0.15) is 18.5 Å². The third-order valence-electron chi connectivity index (χ3n) is 2.53. The first-order chi connectivity index (χ1) is 7.27. The monoisotopic (exact) mass is 218 g/mol. The van der Waals surface area contributed by atoms with Crippen molar-refractivity contribution in [3.8, 4) is 0 Å².